The molecule has 0 aliphatic heterocycles. The zero-order valence-electron chi connectivity index (χ0n) is 12.7. The van der Waals surface area contributed by atoms with Crippen LogP contribution in [0, 0.1) is 12.3 Å². The third-order valence-electron chi connectivity index (χ3n) is 3.01. The van der Waals surface area contributed by atoms with Crippen molar-refractivity contribution in [3.05, 3.63) is 23.4 Å². The first-order valence-electron chi connectivity index (χ1n) is 6.76. The van der Waals surface area contributed by atoms with E-state index in [4.69, 9.17) is 11.4 Å². The van der Waals surface area contributed by atoms with Gasteiger partial charge in [0.05, 0.1) is 6.54 Å². The second-order valence-electron chi connectivity index (χ2n) is 5.72. The predicted molar refractivity (Wildman–Crippen MR) is 82.4 cm³/mol. The Balaban J connectivity index is 3.23. The summed E-state index contributed by atoms with van der Waals surface area (Å²) in [6.45, 7) is 10.9. The summed E-state index contributed by atoms with van der Waals surface area (Å²) in [6.07, 6.45) is 5.43. The number of aromatic nitrogens is 1. The van der Waals surface area contributed by atoms with Crippen molar-refractivity contribution in [2.45, 2.75) is 39.7 Å². The van der Waals surface area contributed by atoms with E-state index in [1.54, 1.807) is 0 Å². The number of nitrogens with zero attached hydrogens (tertiary/aromatic N) is 2. The Labute approximate surface area is 117 Å². The van der Waals surface area contributed by atoms with E-state index in [-0.39, 0.29) is 5.41 Å². The zero-order chi connectivity index (χ0) is 14.5. The summed E-state index contributed by atoms with van der Waals surface area (Å²) in [7, 11) is 1.95. The van der Waals surface area contributed by atoms with Gasteiger partial charge in [0, 0.05) is 24.2 Å². The maximum atomic E-state index is 5.43. The second kappa shape index (κ2) is 6.58. The normalized spacial score (nSPS) is 11.2. The Bertz CT molecular complexity index is 452. The van der Waals surface area contributed by atoms with Crippen LogP contribution >= 0.6 is 0 Å². The van der Waals surface area contributed by atoms with E-state index in [2.05, 4.69) is 56.0 Å². The summed E-state index contributed by atoms with van der Waals surface area (Å²) < 4.78 is 0. The molecule has 0 aliphatic rings. The first-order chi connectivity index (χ1) is 8.92. The van der Waals surface area contributed by atoms with Crippen LogP contribution in [0.2, 0.25) is 0 Å². The van der Waals surface area contributed by atoms with Crippen molar-refractivity contribution in [2.24, 2.45) is 0 Å². The van der Waals surface area contributed by atoms with E-state index in [9.17, 15) is 0 Å². The van der Waals surface area contributed by atoms with Crippen LogP contribution in [0.5, 0.6) is 0 Å². The minimum Gasteiger partial charge on any atom is -0.346 e. The molecular formula is C16H25N3. The van der Waals surface area contributed by atoms with Gasteiger partial charge in [-0.3, -0.25) is 0 Å². The molecule has 1 rings (SSSR count). The predicted octanol–water partition coefficient (Wildman–Crippen LogP) is 2.56. The van der Waals surface area contributed by atoms with E-state index in [1.165, 1.54) is 5.56 Å². The van der Waals surface area contributed by atoms with Gasteiger partial charge in [-0.2, -0.15) is 0 Å². The standard InChI is InChI=1S/C16H25N3/c1-7-9-19(8-2)15-11-13(12-17-6)10-14(18-15)16(3,4)5/h1,10-11,17H,8-9,12H2,2-6H3. The number of terminal acetylenes is 1. The van der Waals surface area contributed by atoms with Crippen molar-refractivity contribution in [1.82, 2.24) is 10.3 Å². The maximum absolute atomic E-state index is 5.43. The Morgan fingerprint density at radius 2 is 2.05 bits per heavy atom. The second-order valence-corrected chi connectivity index (χ2v) is 5.72. The molecule has 0 bridgehead atoms. The van der Waals surface area contributed by atoms with Gasteiger partial charge >= 0.3 is 0 Å². The molecule has 3 heteroatoms. The largest absolute Gasteiger partial charge is 0.346 e. The number of hydrogen-bond acceptors (Lipinski definition) is 3. The number of pyridine rings is 1. The first-order valence-corrected chi connectivity index (χ1v) is 6.76. The Hall–Kier alpha value is -1.53. The molecule has 1 N–H and O–H groups in total. The monoisotopic (exact) mass is 259 g/mol. The van der Waals surface area contributed by atoms with E-state index in [0.29, 0.717) is 6.54 Å². The topological polar surface area (TPSA) is 28.2 Å². The van der Waals surface area contributed by atoms with Gasteiger partial charge in [-0.05, 0) is 31.7 Å². The quantitative estimate of drug-likeness (QED) is 0.824. The fourth-order valence-corrected chi connectivity index (χ4v) is 1.89. The summed E-state index contributed by atoms with van der Waals surface area (Å²) in [5.41, 5.74) is 2.38. The lowest BCUT2D eigenvalue weighted by Gasteiger charge is -2.25. The molecule has 1 heterocycles. The van der Waals surface area contributed by atoms with E-state index >= 15 is 0 Å². The highest BCUT2D eigenvalue weighted by molar-refractivity contribution is 5.45. The molecule has 0 saturated carbocycles. The van der Waals surface area contributed by atoms with Crippen LogP contribution in [0.4, 0.5) is 5.82 Å². The maximum Gasteiger partial charge on any atom is 0.129 e. The van der Waals surface area contributed by atoms with Crippen LogP contribution in [-0.4, -0.2) is 25.1 Å². The molecule has 19 heavy (non-hydrogen) atoms. The Morgan fingerprint density at radius 1 is 1.37 bits per heavy atom. The average molecular weight is 259 g/mol. The Morgan fingerprint density at radius 3 is 2.53 bits per heavy atom. The molecule has 1 aromatic rings. The minimum atomic E-state index is 0.0358. The number of nitrogens with one attached hydrogen (secondary N) is 1. The van der Waals surface area contributed by atoms with Crippen molar-refractivity contribution in [2.75, 3.05) is 25.0 Å². The molecule has 0 unspecified atom stereocenters. The van der Waals surface area contributed by atoms with E-state index in [0.717, 1.165) is 24.6 Å². The lowest BCUT2D eigenvalue weighted by molar-refractivity contribution is 0.566. The molecule has 3 nitrogen and oxygen atoms in total. The van der Waals surface area contributed by atoms with E-state index < -0.39 is 0 Å². The van der Waals surface area contributed by atoms with Crippen LogP contribution in [0.1, 0.15) is 39.0 Å². The summed E-state index contributed by atoms with van der Waals surface area (Å²) >= 11 is 0. The first kappa shape index (κ1) is 15.5. The average Bonchev–Trinajstić information content (AvgIpc) is 2.35. The summed E-state index contributed by atoms with van der Waals surface area (Å²) in [5, 5.41) is 3.19. The van der Waals surface area contributed by atoms with Crippen LogP contribution < -0.4 is 10.2 Å². The summed E-state index contributed by atoms with van der Waals surface area (Å²) in [6, 6.07) is 4.29. The van der Waals surface area contributed by atoms with Crippen molar-refractivity contribution in [3.63, 3.8) is 0 Å². The van der Waals surface area contributed by atoms with Gasteiger partial charge in [-0.1, -0.05) is 26.7 Å². The van der Waals surface area contributed by atoms with Gasteiger partial charge in [-0.15, -0.1) is 6.42 Å². The smallest absolute Gasteiger partial charge is 0.129 e. The van der Waals surface area contributed by atoms with Gasteiger partial charge in [0.15, 0.2) is 0 Å². The molecular weight excluding hydrogens is 234 g/mol. The Kier molecular flexibility index (Phi) is 5.38. The molecule has 0 aromatic carbocycles. The van der Waals surface area contributed by atoms with Crippen molar-refractivity contribution < 1.29 is 0 Å². The van der Waals surface area contributed by atoms with Crippen molar-refractivity contribution >= 4 is 5.82 Å². The van der Waals surface area contributed by atoms with Crippen molar-refractivity contribution in [3.8, 4) is 12.3 Å². The molecule has 104 valence electrons. The van der Waals surface area contributed by atoms with Crippen LogP contribution in [0.15, 0.2) is 12.1 Å². The molecule has 0 amide bonds. The summed E-state index contributed by atoms with van der Waals surface area (Å²) in [4.78, 5) is 6.90. The fraction of sp³-hybridized carbons (Fsp3) is 0.562. The van der Waals surface area contributed by atoms with Crippen LogP contribution in [0.25, 0.3) is 0 Å². The molecule has 0 atom stereocenters. The number of rotatable bonds is 5. The molecule has 1 aromatic heterocycles. The summed E-state index contributed by atoms with van der Waals surface area (Å²) in [5.74, 6) is 3.67. The lowest BCUT2D eigenvalue weighted by Crippen LogP contribution is -2.26. The SMILES string of the molecule is C#CCN(CC)c1cc(CNC)cc(C(C)(C)C)n1. The number of anilines is 1. The van der Waals surface area contributed by atoms with Crippen LogP contribution in [-0.2, 0) is 12.0 Å². The van der Waals surface area contributed by atoms with E-state index in [1.807, 2.05) is 7.05 Å². The minimum absolute atomic E-state index is 0.0358. The van der Waals surface area contributed by atoms with Gasteiger partial charge in [0.2, 0.25) is 0 Å². The van der Waals surface area contributed by atoms with Crippen LogP contribution in [0.3, 0.4) is 0 Å². The molecule has 0 aliphatic carbocycles. The van der Waals surface area contributed by atoms with Gasteiger partial charge < -0.3 is 10.2 Å². The molecule has 0 saturated heterocycles. The highest BCUT2D eigenvalue weighted by atomic mass is 15.2. The molecule has 0 fully saturated rings. The molecule has 0 spiro atoms. The third kappa shape index (κ3) is 4.25. The highest BCUT2D eigenvalue weighted by Gasteiger charge is 2.18. The number of hydrogen-bond donors (Lipinski definition) is 1. The van der Waals surface area contributed by atoms with Crippen molar-refractivity contribution in [1.29, 1.82) is 0 Å². The molecule has 0 radical (unpaired) electrons. The third-order valence-corrected chi connectivity index (χ3v) is 3.01. The zero-order valence-corrected chi connectivity index (χ0v) is 12.7. The lowest BCUT2D eigenvalue weighted by atomic mass is 9.90. The van der Waals surface area contributed by atoms with Gasteiger partial charge in [0.25, 0.3) is 0 Å². The highest BCUT2D eigenvalue weighted by Crippen LogP contribution is 2.24. The fourth-order valence-electron chi connectivity index (χ4n) is 1.89. The van der Waals surface area contributed by atoms with Gasteiger partial charge in [-0.25, -0.2) is 4.98 Å². The van der Waals surface area contributed by atoms with Gasteiger partial charge in [0.1, 0.15) is 5.82 Å².